The first-order valence-corrected chi connectivity index (χ1v) is 13.7. The second kappa shape index (κ2) is 13.0. The third-order valence-electron chi connectivity index (χ3n) is 7.35. The first-order valence-electron chi connectivity index (χ1n) is 13.7. The van der Waals surface area contributed by atoms with Gasteiger partial charge in [0.05, 0.1) is 25.5 Å². The molecule has 2 amide bonds. The Morgan fingerprint density at radius 2 is 1.75 bits per heavy atom. The van der Waals surface area contributed by atoms with Gasteiger partial charge in [0.2, 0.25) is 5.91 Å². The molecule has 5 rings (SSSR count). The summed E-state index contributed by atoms with van der Waals surface area (Å²) >= 11 is 0. The van der Waals surface area contributed by atoms with Crippen LogP contribution in [-0.4, -0.2) is 85.0 Å². The van der Waals surface area contributed by atoms with E-state index < -0.39 is 54.3 Å². The van der Waals surface area contributed by atoms with Crippen molar-refractivity contribution in [3.63, 3.8) is 0 Å². The number of aliphatic carboxylic acids is 1. The average molecular weight is 605 g/mol. The molecule has 15 heteroatoms. The van der Waals surface area contributed by atoms with Crippen molar-refractivity contribution in [3.05, 3.63) is 78.4 Å². The number of nitrogens with one attached hydrogen (secondary N) is 2. The number of anilines is 1. The number of hydrogen-bond acceptors (Lipinski definition) is 11. The van der Waals surface area contributed by atoms with E-state index in [1.807, 2.05) is 0 Å². The van der Waals surface area contributed by atoms with Crippen LogP contribution in [0, 0.1) is 0 Å². The summed E-state index contributed by atoms with van der Waals surface area (Å²) in [6.45, 7) is 0. The fourth-order valence-corrected chi connectivity index (χ4v) is 5.03. The number of aromatic nitrogens is 4. The molecule has 15 nitrogen and oxygen atoms in total. The zero-order chi connectivity index (χ0) is 31.4. The Bertz CT molecular complexity index is 1630. The molecule has 44 heavy (non-hydrogen) atoms. The Hall–Kier alpha value is -5.12. The Morgan fingerprint density at radius 1 is 1.05 bits per heavy atom. The summed E-state index contributed by atoms with van der Waals surface area (Å²) in [5.74, 6) is -2.05. The van der Waals surface area contributed by atoms with Crippen molar-refractivity contribution in [2.45, 2.75) is 49.4 Å². The fraction of sp³-hybridized carbons (Fsp3) is 0.310. The van der Waals surface area contributed by atoms with Gasteiger partial charge in [-0.3, -0.25) is 14.2 Å². The molecular formula is C29H32N8O7. The number of methoxy groups -OCH3 is 1. The highest BCUT2D eigenvalue weighted by atomic mass is 16.5. The van der Waals surface area contributed by atoms with E-state index in [9.17, 15) is 24.6 Å². The smallest absolute Gasteiger partial charge is 0.326 e. The Labute approximate surface area is 251 Å². The normalized spacial score (nSPS) is 21.0. The van der Waals surface area contributed by atoms with Gasteiger partial charge in [0.25, 0.3) is 5.91 Å². The largest absolute Gasteiger partial charge is 0.497 e. The number of nitrogen functional groups attached to an aromatic ring is 1. The lowest BCUT2D eigenvalue weighted by Gasteiger charge is -2.24. The monoisotopic (exact) mass is 604 g/mol. The van der Waals surface area contributed by atoms with Gasteiger partial charge in [-0.05, 0) is 29.7 Å². The van der Waals surface area contributed by atoms with Gasteiger partial charge in [0.15, 0.2) is 23.8 Å². The van der Waals surface area contributed by atoms with Crippen LogP contribution in [0.2, 0.25) is 0 Å². The van der Waals surface area contributed by atoms with Crippen molar-refractivity contribution < 1.29 is 34.1 Å². The van der Waals surface area contributed by atoms with Gasteiger partial charge < -0.3 is 41.8 Å². The molecule has 0 aliphatic carbocycles. The summed E-state index contributed by atoms with van der Waals surface area (Å²) < 4.78 is 12.5. The molecular weight excluding hydrogens is 572 g/mol. The zero-order valence-corrected chi connectivity index (χ0v) is 23.6. The molecule has 0 bridgehead atoms. The number of amides is 2. The number of benzene rings is 2. The van der Waals surface area contributed by atoms with E-state index >= 15 is 0 Å². The lowest BCUT2D eigenvalue weighted by molar-refractivity contribution is -0.145. The summed E-state index contributed by atoms with van der Waals surface area (Å²) in [5, 5.41) is 26.4. The van der Waals surface area contributed by atoms with Gasteiger partial charge in [-0.15, -0.1) is 0 Å². The number of aliphatic hydroxyl groups excluding tert-OH is 1. The number of carboxylic acid groups (broad SMARTS) is 1. The number of fused-ring (bicyclic) bond motifs is 1. The van der Waals surface area contributed by atoms with Crippen molar-refractivity contribution in [1.82, 2.24) is 30.2 Å². The van der Waals surface area contributed by atoms with Crippen LogP contribution in [-0.2, 0) is 32.0 Å². The summed E-state index contributed by atoms with van der Waals surface area (Å²) in [6, 6.07) is 12.1. The lowest BCUT2D eigenvalue weighted by atomic mass is 10.0. The van der Waals surface area contributed by atoms with E-state index in [0.29, 0.717) is 11.3 Å². The number of carbonyl (C=O) groups excluding carboxylic acids is 2. The average Bonchev–Trinajstić information content (AvgIpc) is 3.59. The van der Waals surface area contributed by atoms with Crippen LogP contribution in [0.3, 0.4) is 0 Å². The zero-order valence-electron chi connectivity index (χ0n) is 23.6. The van der Waals surface area contributed by atoms with E-state index in [-0.39, 0.29) is 29.8 Å². The van der Waals surface area contributed by atoms with Crippen LogP contribution >= 0.6 is 0 Å². The highest BCUT2D eigenvalue weighted by Gasteiger charge is 2.50. The summed E-state index contributed by atoms with van der Waals surface area (Å²) in [5.41, 5.74) is 14.0. The first-order chi connectivity index (χ1) is 21.2. The molecule has 1 saturated heterocycles. The molecule has 0 spiro atoms. The first kappa shape index (κ1) is 30.3. The summed E-state index contributed by atoms with van der Waals surface area (Å²) in [6.07, 6.45) is -1.61. The molecule has 2 aromatic heterocycles. The van der Waals surface area contributed by atoms with E-state index in [1.165, 1.54) is 24.3 Å². The molecule has 8 N–H and O–H groups in total. The number of hydrogen-bond donors (Lipinski definition) is 6. The second-order valence-electron chi connectivity index (χ2n) is 10.3. The maximum atomic E-state index is 13.6. The lowest BCUT2D eigenvalue weighted by Crippen LogP contribution is -2.57. The van der Waals surface area contributed by atoms with Crippen molar-refractivity contribution in [3.8, 4) is 5.75 Å². The number of carboxylic acids is 1. The molecule has 1 aliphatic heterocycles. The summed E-state index contributed by atoms with van der Waals surface area (Å²) in [7, 11) is 1.54. The molecule has 4 aromatic rings. The molecule has 0 radical (unpaired) electrons. The number of nitrogens with zero attached hydrogens (tertiary/aromatic N) is 4. The third kappa shape index (κ3) is 6.44. The van der Waals surface area contributed by atoms with Gasteiger partial charge in [-0.1, -0.05) is 42.5 Å². The predicted molar refractivity (Wildman–Crippen MR) is 156 cm³/mol. The molecule has 230 valence electrons. The SMILES string of the molecule is COc1ccc(C[C@H](N)C(=O)N[C@H]2[C@@H](O)[C@H](n3cnc4c(N)ncnc43)O[C@@H]2C(=O)N[C@H](Cc2ccccc2)C(=O)O)cc1. The maximum Gasteiger partial charge on any atom is 0.326 e. The molecule has 0 saturated carbocycles. The number of ether oxygens (including phenoxy) is 2. The van der Waals surface area contributed by atoms with Crippen LogP contribution in [0.1, 0.15) is 17.4 Å². The molecule has 1 aliphatic rings. The second-order valence-corrected chi connectivity index (χ2v) is 10.3. The molecule has 0 unspecified atom stereocenters. The minimum absolute atomic E-state index is 0.00721. The molecule has 2 aromatic carbocycles. The number of rotatable bonds is 11. The Kier molecular flexibility index (Phi) is 8.99. The van der Waals surface area contributed by atoms with Crippen molar-refractivity contribution >= 4 is 34.8 Å². The highest BCUT2D eigenvalue weighted by Crippen LogP contribution is 2.32. The Balaban J connectivity index is 1.39. The topological polar surface area (TPSA) is 230 Å². The van der Waals surface area contributed by atoms with Crippen LogP contribution < -0.4 is 26.8 Å². The van der Waals surface area contributed by atoms with E-state index in [0.717, 1.165) is 5.56 Å². The maximum absolute atomic E-state index is 13.6. The van der Waals surface area contributed by atoms with E-state index in [2.05, 4.69) is 25.6 Å². The van der Waals surface area contributed by atoms with E-state index in [1.54, 1.807) is 54.6 Å². The van der Waals surface area contributed by atoms with Crippen LogP contribution in [0.25, 0.3) is 11.2 Å². The molecule has 1 fully saturated rings. The van der Waals surface area contributed by atoms with E-state index in [4.69, 9.17) is 20.9 Å². The van der Waals surface area contributed by atoms with Crippen LogP contribution in [0.5, 0.6) is 5.75 Å². The van der Waals surface area contributed by atoms with Crippen molar-refractivity contribution in [2.75, 3.05) is 12.8 Å². The number of carbonyl (C=O) groups is 3. The van der Waals surface area contributed by atoms with Crippen LogP contribution in [0.15, 0.2) is 67.3 Å². The highest BCUT2D eigenvalue weighted by molar-refractivity contribution is 5.89. The number of aliphatic hydroxyl groups is 1. The van der Waals surface area contributed by atoms with Gasteiger partial charge in [-0.25, -0.2) is 19.7 Å². The van der Waals surface area contributed by atoms with Gasteiger partial charge in [0, 0.05) is 6.42 Å². The van der Waals surface area contributed by atoms with Gasteiger partial charge in [-0.2, -0.15) is 0 Å². The minimum Gasteiger partial charge on any atom is -0.497 e. The van der Waals surface area contributed by atoms with Gasteiger partial charge >= 0.3 is 5.97 Å². The predicted octanol–water partition coefficient (Wildman–Crippen LogP) is -0.458. The van der Waals surface area contributed by atoms with Gasteiger partial charge in [0.1, 0.15) is 29.7 Å². The molecule has 3 heterocycles. The third-order valence-corrected chi connectivity index (χ3v) is 7.35. The quantitative estimate of drug-likeness (QED) is 0.128. The standard InChI is InChI=1S/C29H32N8O7/c1-43-17-9-7-16(8-10-17)11-18(30)26(39)36-20-22(38)28(37-14-34-21-24(31)32-13-33-25(21)37)44-23(20)27(40)35-19(29(41)42)12-15-5-3-2-4-6-15/h2-10,13-14,18-20,22-23,28,38H,11-12,30H2,1H3,(H,35,40)(H,36,39)(H,41,42)(H2,31,32,33)/t18-,19+,20-,22+,23-,28+/m0/s1. The number of nitrogens with two attached hydrogens (primary N) is 2. The van der Waals surface area contributed by atoms with Crippen molar-refractivity contribution in [1.29, 1.82) is 0 Å². The number of imidazole rings is 1. The van der Waals surface area contributed by atoms with Crippen molar-refractivity contribution in [2.24, 2.45) is 5.73 Å². The fourth-order valence-electron chi connectivity index (χ4n) is 5.03. The molecule has 6 atom stereocenters. The van der Waals surface area contributed by atoms with Crippen LogP contribution in [0.4, 0.5) is 5.82 Å². The summed E-state index contributed by atoms with van der Waals surface area (Å²) in [4.78, 5) is 51.1. The minimum atomic E-state index is -1.51. The Morgan fingerprint density at radius 3 is 2.43 bits per heavy atom.